The first-order valence-electron chi connectivity index (χ1n) is 10.8. The second-order valence-corrected chi connectivity index (χ2v) is 9.33. The third kappa shape index (κ3) is 4.24. The Kier molecular flexibility index (Phi) is 6.50. The number of hydrogen-bond acceptors (Lipinski definition) is 4. The van der Waals surface area contributed by atoms with Crippen LogP contribution in [0.5, 0.6) is 5.75 Å². The molecule has 1 N–H and O–H groups in total. The number of hydrogen-bond donors (Lipinski definition) is 1. The van der Waals surface area contributed by atoms with Gasteiger partial charge in [0.05, 0.1) is 27.8 Å². The van der Waals surface area contributed by atoms with Crippen molar-refractivity contribution < 1.29 is 19.4 Å². The lowest BCUT2D eigenvalue weighted by Gasteiger charge is -2.31. The largest absolute Gasteiger partial charge is 0.507 e. The van der Waals surface area contributed by atoms with Gasteiger partial charge in [-0.15, -0.1) is 0 Å². The van der Waals surface area contributed by atoms with Crippen molar-refractivity contribution in [2.45, 2.75) is 57.7 Å². The van der Waals surface area contributed by atoms with Crippen LogP contribution in [-0.4, -0.2) is 33.8 Å². The van der Waals surface area contributed by atoms with Gasteiger partial charge in [-0.25, -0.2) is 0 Å². The fourth-order valence-corrected chi connectivity index (χ4v) is 4.86. The van der Waals surface area contributed by atoms with Crippen molar-refractivity contribution in [3.05, 3.63) is 69.2 Å². The van der Waals surface area contributed by atoms with E-state index in [9.17, 15) is 14.7 Å². The van der Waals surface area contributed by atoms with Gasteiger partial charge >= 0.3 is 0 Å². The normalized spacial score (nSPS) is 21.0. The molecule has 2 fully saturated rings. The quantitative estimate of drug-likeness (QED) is 0.321. The van der Waals surface area contributed by atoms with Gasteiger partial charge in [-0.3, -0.25) is 9.59 Å². The maximum absolute atomic E-state index is 13.2. The molecule has 5 nitrogen and oxygen atoms in total. The number of amides is 1. The van der Waals surface area contributed by atoms with Crippen molar-refractivity contribution in [2.75, 3.05) is 0 Å². The van der Waals surface area contributed by atoms with Crippen LogP contribution >= 0.6 is 23.2 Å². The molecule has 2 aromatic carbocycles. The zero-order valence-electron chi connectivity index (χ0n) is 18.0. The highest BCUT2D eigenvalue weighted by molar-refractivity contribution is 6.47. The first-order valence-corrected chi connectivity index (χ1v) is 11.6. The lowest BCUT2D eigenvalue weighted by atomic mass is 9.94. The van der Waals surface area contributed by atoms with Gasteiger partial charge < -0.3 is 14.7 Å². The molecule has 168 valence electrons. The first-order chi connectivity index (χ1) is 15.3. The molecule has 1 amide bonds. The van der Waals surface area contributed by atoms with Crippen LogP contribution in [0.25, 0.3) is 5.76 Å². The van der Waals surface area contributed by atoms with Crippen molar-refractivity contribution in [1.82, 2.24) is 4.90 Å². The van der Waals surface area contributed by atoms with Gasteiger partial charge in [0.2, 0.25) is 0 Å². The van der Waals surface area contributed by atoms with Crippen LogP contribution in [0.15, 0.2) is 48.0 Å². The number of Topliss-reactive ketones (excluding diaryl/α,β-unsaturated/α-hetero) is 1. The van der Waals surface area contributed by atoms with Crippen LogP contribution < -0.4 is 4.74 Å². The summed E-state index contributed by atoms with van der Waals surface area (Å²) in [6.07, 6.45) is 3.65. The van der Waals surface area contributed by atoms with E-state index in [0.717, 1.165) is 31.2 Å². The highest BCUT2D eigenvalue weighted by atomic mass is 35.5. The smallest absolute Gasteiger partial charge is 0.295 e. The average molecular weight is 474 g/mol. The van der Waals surface area contributed by atoms with Crippen LogP contribution in [0.3, 0.4) is 0 Å². The van der Waals surface area contributed by atoms with E-state index in [2.05, 4.69) is 0 Å². The molecule has 0 bridgehead atoms. The van der Waals surface area contributed by atoms with E-state index >= 15 is 0 Å². The number of benzene rings is 2. The molecule has 0 radical (unpaired) electrons. The molecule has 2 aliphatic rings. The van der Waals surface area contributed by atoms with Gasteiger partial charge in [0.1, 0.15) is 11.5 Å². The van der Waals surface area contributed by atoms with E-state index in [4.69, 9.17) is 27.9 Å². The van der Waals surface area contributed by atoms with Crippen LogP contribution in [0.4, 0.5) is 0 Å². The lowest BCUT2D eigenvalue weighted by Crippen LogP contribution is -2.37. The van der Waals surface area contributed by atoms with E-state index < -0.39 is 17.7 Å². The molecule has 1 heterocycles. The van der Waals surface area contributed by atoms with Gasteiger partial charge in [-0.1, -0.05) is 48.2 Å². The predicted octanol–water partition coefficient (Wildman–Crippen LogP) is 6.14. The van der Waals surface area contributed by atoms with Gasteiger partial charge in [-0.05, 0) is 62.6 Å². The van der Waals surface area contributed by atoms with Crippen molar-refractivity contribution in [2.24, 2.45) is 0 Å². The minimum atomic E-state index is -0.705. The number of ether oxygens (including phenoxy) is 1. The zero-order chi connectivity index (χ0) is 23.0. The summed E-state index contributed by atoms with van der Waals surface area (Å²) in [5, 5.41) is 11.8. The monoisotopic (exact) mass is 473 g/mol. The molecular formula is C25H25Cl2NO4. The summed E-state index contributed by atoms with van der Waals surface area (Å²) in [5.41, 5.74) is 1.11. The molecule has 32 heavy (non-hydrogen) atoms. The molecule has 1 atom stereocenters. The zero-order valence-corrected chi connectivity index (χ0v) is 19.5. The summed E-state index contributed by atoms with van der Waals surface area (Å²) in [4.78, 5) is 28.0. The number of carbonyl (C=O) groups excluding carboxylic acids is 2. The number of nitrogens with zero attached hydrogens (tertiary/aromatic N) is 1. The SMILES string of the molecule is CC(C)Oc1cccc(C2/C(=C(/O)c3ccc(Cl)c(Cl)c3)C(=O)C(=O)N2C2CCCC2)c1. The number of likely N-dealkylation sites (tertiary alicyclic amines) is 1. The molecule has 0 aromatic heterocycles. The van der Waals surface area contributed by atoms with E-state index in [1.165, 1.54) is 6.07 Å². The van der Waals surface area contributed by atoms with Crippen molar-refractivity contribution in [3.63, 3.8) is 0 Å². The Bertz CT molecular complexity index is 1090. The second-order valence-electron chi connectivity index (χ2n) is 8.51. The third-order valence-corrected chi connectivity index (χ3v) is 6.68. The number of carbonyl (C=O) groups is 2. The Morgan fingerprint density at radius 1 is 1.06 bits per heavy atom. The summed E-state index contributed by atoms with van der Waals surface area (Å²) < 4.78 is 5.84. The molecule has 4 rings (SSSR count). The molecule has 2 aromatic rings. The molecule has 1 saturated carbocycles. The van der Waals surface area contributed by atoms with Crippen LogP contribution in [-0.2, 0) is 9.59 Å². The van der Waals surface area contributed by atoms with E-state index in [1.807, 2.05) is 38.1 Å². The fraction of sp³-hybridized carbons (Fsp3) is 0.360. The lowest BCUT2D eigenvalue weighted by molar-refractivity contribution is -0.141. The summed E-state index contributed by atoms with van der Waals surface area (Å²) in [6, 6.07) is 11.2. The Morgan fingerprint density at radius 2 is 1.78 bits per heavy atom. The van der Waals surface area contributed by atoms with Crippen molar-refractivity contribution in [3.8, 4) is 5.75 Å². The summed E-state index contributed by atoms with van der Waals surface area (Å²) >= 11 is 12.2. The fourth-order valence-electron chi connectivity index (χ4n) is 4.57. The Labute approximate surface area is 197 Å². The van der Waals surface area contributed by atoms with Crippen molar-refractivity contribution >= 4 is 40.7 Å². The van der Waals surface area contributed by atoms with E-state index in [1.54, 1.807) is 17.0 Å². The maximum Gasteiger partial charge on any atom is 0.295 e. The topological polar surface area (TPSA) is 66.8 Å². The van der Waals surface area contributed by atoms with Gasteiger partial charge in [0, 0.05) is 11.6 Å². The average Bonchev–Trinajstić information content (AvgIpc) is 3.36. The van der Waals surface area contributed by atoms with Crippen molar-refractivity contribution in [1.29, 1.82) is 0 Å². The first kappa shape index (κ1) is 22.7. The molecule has 1 aliphatic heterocycles. The number of halogens is 2. The van der Waals surface area contributed by atoms with E-state index in [0.29, 0.717) is 16.3 Å². The number of aliphatic hydroxyl groups is 1. The van der Waals surface area contributed by atoms with Crippen LogP contribution in [0.2, 0.25) is 10.0 Å². The molecular weight excluding hydrogens is 449 g/mol. The summed E-state index contributed by atoms with van der Waals surface area (Å²) in [5.74, 6) is -0.897. The van der Waals surface area contributed by atoms with Gasteiger partial charge in [0.25, 0.3) is 11.7 Å². The van der Waals surface area contributed by atoms with Crippen LogP contribution in [0, 0.1) is 0 Å². The molecule has 1 unspecified atom stereocenters. The second kappa shape index (κ2) is 9.16. The van der Waals surface area contributed by atoms with Gasteiger partial charge in [-0.2, -0.15) is 0 Å². The Morgan fingerprint density at radius 3 is 2.44 bits per heavy atom. The third-order valence-electron chi connectivity index (χ3n) is 5.94. The molecule has 7 heteroatoms. The summed E-state index contributed by atoms with van der Waals surface area (Å²) in [6.45, 7) is 3.86. The Hall–Kier alpha value is -2.50. The van der Waals surface area contributed by atoms with Gasteiger partial charge in [0.15, 0.2) is 0 Å². The summed E-state index contributed by atoms with van der Waals surface area (Å²) in [7, 11) is 0. The Balaban J connectivity index is 1.88. The van der Waals surface area contributed by atoms with Crippen LogP contribution in [0.1, 0.15) is 56.7 Å². The minimum absolute atomic E-state index is 0.0253. The highest BCUT2D eigenvalue weighted by Gasteiger charge is 2.49. The maximum atomic E-state index is 13.2. The minimum Gasteiger partial charge on any atom is -0.507 e. The standard InChI is InChI=1S/C25H25Cl2NO4/c1-14(2)32-18-9-5-6-15(12-18)22-21(23(29)16-10-11-19(26)20(27)13-16)24(30)25(31)28(22)17-7-3-4-8-17/h5-6,9-14,17,22,29H,3-4,7-8H2,1-2H3/b23-21-. The van der Waals surface area contributed by atoms with E-state index in [-0.39, 0.29) is 28.5 Å². The number of rotatable bonds is 5. The number of ketones is 1. The highest BCUT2D eigenvalue weighted by Crippen LogP contribution is 2.44. The molecule has 1 aliphatic carbocycles. The molecule has 1 saturated heterocycles. The number of aliphatic hydroxyl groups excluding tert-OH is 1. The molecule has 0 spiro atoms. The predicted molar refractivity (Wildman–Crippen MR) is 125 cm³/mol.